The number of ether oxygens (including phenoxy) is 2. The minimum absolute atomic E-state index is 0. The van der Waals surface area contributed by atoms with Crippen molar-refractivity contribution >= 4 is 0 Å². The molecule has 1 fully saturated rings. The predicted octanol–water partition coefficient (Wildman–Crippen LogP) is 8.70. The lowest BCUT2D eigenvalue weighted by atomic mass is 9.77. The summed E-state index contributed by atoms with van der Waals surface area (Å²) in [6.07, 6.45) is 3.86. The number of alkyl halides is 4. The third-order valence-corrected chi connectivity index (χ3v) is 6.18. The van der Waals surface area contributed by atoms with Crippen LogP contribution in [-0.4, -0.2) is 6.61 Å². The molecular formula is C25H29F7O2. The van der Waals surface area contributed by atoms with Gasteiger partial charge in [0.2, 0.25) is 0 Å². The molecule has 2 aromatic carbocycles. The minimum Gasteiger partial charge on any atom is -0.435 e. The Kier molecular flexibility index (Phi) is 10.1. The highest BCUT2D eigenvalue weighted by Crippen LogP contribution is 2.41. The van der Waals surface area contributed by atoms with Crippen molar-refractivity contribution in [2.75, 3.05) is 0 Å². The minimum atomic E-state index is -4.30. The van der Waals surface area contributed by atoms with Gasteiger partial charge >= 0.3 is 12.7 Å². The zero-order chi connectivity index (χ0) is 24.0. The third-order valence-electron chi connectivity index (χ3n) is 6.18. The van der Waals surface area contributed by atoms with Crippen LogP contribution in [0.25, 0.3) is 0 Å². The molecule has 1 aliphatic rings. The largest absolute Gasteiger partial charge is 0.435 e. The van der Waals surface area contributed by atoms with Crippen LogP contribution >= 0.6 is 0 Å². The zero-order valence-electron chi connectivity index (χ0n) is 18.8. The summed E-state index contributed by atoms with van der Waals surface area (Å²) in [7, 11) is 0. The van der Waals surface area contributed by atoms with Gasteiger partial charge in [-0.3, -0.25) is 4.70 Å². The molecular weight excluding hydrogens is 465 g/mol. The molecule has 2 nitrogen and oxygen atoms in total. The van der Waals surface area contributed by atoms with E-state index >= 15 is 0 Å². The highest BCUT2D eigenvalue weighted by molar-refractivity contribution is 5.34. The van der Waals surface area contributed by atoms with Gasteiger partial charge in [-0.05, 0) is 79.5 Å². The van der Waals surface area contributed by atoms with Crippen LogP contribution in [0.3, 0.4) is 0 Å². The molecule has 0 N–H and O–H groups in total. The van der Waals surface area contributed by atoms with Crippen LogP contribution in [0, 0.1) is 17.6 Å². The molecule has 0 heterocycles. The van der Waals surface area contributed by atoms with E-state index in [0.29, 0.717) is 11.5 Å². The van der Waals surface area contributed by atoms with Gasteiger partial charge in [0.15, 0.2) is 0 Å². The lowest BCUT2D eigenvalue weighted by Gasteiger charge is -2.29. The topological polar surface area (TPSA) is 18.5 Å². The van der Waals surface area contributed by atoms with E-state index in [1.54, 1.807) is 0 Å². The summed E-state index contributed by atoms with van der Waals surface area (Å²) in [5.74, 6) is -2.93. The average Bonchev–Trinajstić information content (AvgIpc) is 2.74. The molecule has 0 aliphatic heterocycles. The number of rotatable bonds is 10. The van der Waals surface area contributed by atoms with Crippen LogP contribution < -0.4 is 9.47 Å². The van der Waals surface area contributed by atoms with E-state index in [9.17, 15) is 26.3 Å². The Balaban J connectivity index is 0.00000408. The first-order valence-corrected chi connectivity index (χ1v) is 11.3. The van der Waals surface area contributed by atoms with Crippen molar-refractivity contribution in [2.24, 2.45) is 5.92 Å². The number of benzene rings is 2. The first kappa shape index (κ1) is 27.8. The summed E-state index contributed by atoms with van der Waals surface area (Å²) >= 11 is 0. The Hall–Kier alpha value is -2.45. The highest BCUT2D eigenvalue weighted by atomic mass is 19.3. The molecule has 0 spiro atoms. The number of hydrogen-bond acceptors (Lipinski definition) is 2. The molecule has 2 aromatic rings. The summed E-state index contributed by atoms with van der Waals surface area (Å²) in [5, 5.41) is 0. The molecule has 190 valence electrons. The molecule has 0 bridgehead atoms. The van der Waals surface area contributed by atoms with Gasteiger partial charge in [-0.2, -0.15) is 17.6 Å². The standard InChI is InChI=1S/C25H28F6O2.FH/c1-2-3-4-5-16-6-8-17(9-7-16)18-14-21(26)23(22(27)15-18)25(30,31)33-20-12-10-19(11-13-20)32-24(28)29;/h10-17,24H,2-9H2,1H3;1H. The molecule has 0 atom stereocenters. The first-order valence-electron chi connectivity index (χ1n) is 11.3. The van der Waals surface area contributed by atoms with E-state index < -0.39 is 35.7 Å². The quantitative estimate of drug-likeness (QED) is 0.243. The monoisotopic (exact) mass is 494 g/mol. The van der Waals surface area contributed by atoms with Crippen LogP contribution in [0.2, 0.25) is 0 Å². The van der Waals surface area contributed by atoms with Crippen molar-refractivity contribution in [3.63, 3.8) is 0 Å². The predicted molar refractivity (Wildman–Crippen MR) is 115 cm³/mol. The van der Waals surface area contributed by atoms with Crippen LogP contribution in [-0.2, 0) is 6.11 Å². The lowest BCUT2D eigenvalue weighted by molar-refractivity contribution is -0.189. The number of hydrogen-bond donors (Lipinski definition) is 0. The van der Waals surface area contributed by atoms with E-state index in [2.05, 4.69) is 16.4 Å². The zero-order valence-corrected chi connectivity index (χ0v) is 18.8. The fraction of sp³-hybridized carbons (Fsp3) is 0.520. The number of unbranched alkanes of at least 4 members (excludes halogenated alkanes) is 2. The second-order valence-corrected chi connectivity index (χ2v) is 8.54. The van der Waals surface area contributed by atoms with Gasteiger partial charge in [-0.15, -0.1) is 0 Å². The van der Waals surface area contributed by atoms with Gasteiger partial charge in [-0.25, -0.2) is 8.78 Å². The van der Waals surface area contributed by atoms with Crippen molar-refractivity contribution in [3.8, 4) is 11.5 Å². The van der Waals surface area contributed by atoms with Crippen LogP contribution in [0.1, 0.15) is 75.3 Å². The molecule has 0 radical (unpaired) electrons. The Bertz CT molecular complexity index is 872. The Morgan fingerprint density at radius 3 is 2.00 bits per heavy atom. The molecule has 0 saturated heterocycles. The van der Waals surface area contributed by atoms with E-state index in [1.807, 2.05) is 0 Å². The molecule has 1 aliphatic carbocycles. The van der Waals surface area contributed by atoms with Crippen LogP contribution in [0.15, 0.2) is 36.4 Å². The van der Waals surface area contributed by atoms with E-state index in [0.717, 1.165) is 74.9 Å². The lowest BCUT2D eigenvalue weighted by Crippen LogP contribution is -2.25. The normalized spacial score (nSPS) is 18.5. The average molecular weight is 494 g/mol. The molecule has 9 heteroatoms. The SMILES string of the molecule is CCCCCC1CCC(c2cc(F)c(C(F)(F)Oc3ccc(OC(F)F)cc3)c(F)c2)CC1.F. The fourth-order valence-corrected chi connectivity index (χ4v) is 4.46. The van der Waals surface area contributed by atoms with E-state index in [4.69, 9.17) is 0 Å². The summed E-state index contributed by atoms with van der Waals surface area (Å²) in [6.45, 7) is -0.921. The van der Waals surface area contributed by atoms with Gasteiger partial charge in [0.05, 0.1) is 0 Å². The van der Waals surface area contributed by atoms with E-state index in [-0.39, 0.29) is 16.4 Å². The maximum absolute atomic E-state index is 14.7. The van der Waals surface area contributed by atoms with Gasteiger partial charge in [0.25, 0.3) is 0 Å². The molecule has 0 unspecified atom stereocenters. The van der Waals surface area contributed by atoms with Crippen molar-refractivity contribution in [2.45, 2.75) is 76.9 Å². The third kappa shape index (κ3) is 7.27. The maximum atomic E-state index is 14.7. The summed E-state index contributed by atoms with van der Waals surface area (Å²) in [4.78, 5) is 0. The van der Waals surface area contributed by atoms with Gasteiger partial charge in [0.1, 0.15) is 28.7 Å². The number of halogens is 7. The van der Waals surface area contributed by atoms with Gasteiger partial charge in [0, 0.05) is 0 Å². The maximum Gasteiger partial charge on any atom is 0.432 e. The van der Waals surface area contributed by atoms with Crippen molar-refractivity contribution in [1.29, 1.82) is 0 Å². The summed E-state index contributed by atoms with van der Waals surface area (Å²) in [5.41, 5.74) is -1.10. The molecule has 0 amide bonds. The van der Waals surface area contributed by atoms with E-state index in [1.165, 1.54) is 12.8 Å². The van der Waals surface area contributed by atoms with Crippen LogP contribution in [0.4, 0.5) is 31.0 Å². The van der Waals surface area contributed by atoms with Gasteiger partial charge in [-0.1, -0.05) is 32.6 Å². The fourth-order valence-electron chi connectivity index (χ4n) is 4.46. The molecule has 3 rings (SSSR count). The van der Waals surface area contributed by atoms with Crippen molar-refractivity contribution < 1.29 is 40.5 Å². The Morgan fingerprint density at radius 1 is 0.912 bits per heavy atom. The van der Waals surface area contributed by atoms with Crippen molar-refractivity contribution in [1.82, 2.24) is 0 Å². The molecule has 34 heavy (non-hydrogen) atoms. The Labute approximate surface area is 194 Å². The first-order chi connectivity index (χ1) is 15.7. The van der Waals surface area contributed by atoms with Gasteiger partial charge < -0.3 is 9.47 Å². The second-order valence-electron chi connectivity index (χ2n) is 8.54. The molecule has 1 saturated carbocycles. The Morgan fingerprint density at radius 2 is 1.47 bits per heavy atom. The smallest absolute Gasteiger partial charge is 0.432 e. The summed E-state index contributed by atoms with van der Waals surface area (Å²) in [6, 6.07) is 5.83. The second kappa shape index (κ2) is 12.3. The van der Waals surface area contributed by atoms with Crippen LogP contribution in [0.5, 0.6) is 11.5 Å². The summed E-state index contributed by atoms with van der Waals surface area (Å²) < 4.78 is 91.5. The highest BCUT2D eigenvalue weighted by Gasteiger charge is 2.41. The molecule has 0 aromatic heterocycles. The van der Waals surface area contributed by atoms with Crippen molar-refractivity contribution in [3.05, 3.63) is 59.2 Å².